The highest BCUT2D eigenvalue weighted by atomic mass is 19.1. The number of carbonyl (C=O) groups excluding carboxylic acids is 1. The Bertz CT molecular complexity index is 1310. The molecule has 9 heteroatoms. The van der Waals surface area contributed by atoms with Crippen LogP contribution in [-0.4, -0.2) is 25.8 Å². The molecule has 0 aliphatic carbocycles. The van der Waals surface area contributed by atoms with Gasteiger partial charge in [-0.25, -0.2) is 9.07 Å². The molecule has 0 saturated heterocycles. The van der Waals surface area contributed by atoms with Crippen LogP contribution in [0, 0.1) is 19.7 Å². The summed E-state index contributed by atoms with van der Waals surface area (Å²) in [5.41, 5.74) is 3.15. The van der Waals surface area contributed by atoms with Gasteiger partial charge in [0.15, 0.2) is 0 Å². The van der Waals surface area contributed by atoms with Gasteiger partial charge in [0.1, 0.15) is 18.1 Å². The highest BCUT2D eigenvalue weighted by molar-refractivity contribution is 5.90. The third-order valence-electron chi connectivity index (χ3n) is 4.70. The van der Waals surface area contributed by atoms with Gasteiger partial charge in [0.2, 0.25) is 11.7 Å². The highest BCUT2D eigenvalue weighted by Crippen LogP contribution is 2.20. The largest absolute Gasteiger partial charge is 0.332 e. The number of anilines is 1. The average molecular weight is 419 g/mol. The molecule has 31 heavy (non-hydrogen) atoms. The van der Waals surface area contributed by atoms with Crippen molar-refractivity contribution in [2.75, 3.05) is 5.32 Å². The molecule has 0 unspecified atom stereocenters. The molecule has 0 bridgehead atoms. The summed E-state index contributed by atoms with van der Waals surface area (Å²) in [5, 5.41) is 10.8. The number of nitrogens with one attached hydrogen (secondary N) is 1. The van der Waals surface area contributed by atoms with E-state index in [9.17, 15) is 14.0 Å². The van der Waals surface area contributed by atoms with E-state index in [1.54, 1.807) is 6.07 Å². The fourth-order valence-corrected chi connectivity index (χ4v) is 2.88. The first-order valence-corrected chi connectivity index (χ1v) is 9.44. The van der Waals surface area contributed by atoms with E-state index in [1.165, 1.54) is 36.4 Å². The summed E-state index contributed by atoms with van der Waals surface area (Å²) >= 11 is 0. The number of aryl methyl sites for hydroxylation is 2. The summed E-state index contributed by atoms with van der Waals surface area (Å²) in [5.74, 6) is -0.447. The van der Waals surface area contributed by atoms with E-state index in [1.807, 2.05) is 26.0 Å². The smallest absolute Gasteiger partial charge is 0.278 e. The zero-order valence-corrected chi connectivity index (χ0v) is 16.8. The van der Waals surface area contributed by atoms with Crippen LogP contribution >= 0.6 is 0 Å². The van der Waals surface area contributed by atoms with Gasteiger partial charge in [-0.05, 0) is 67.4 Å². The summed E-state index contributed by atoms with van der Waals surface area (Å²) in [6, 6.07) is 13.9. The van der Waals surface area contributed by atoms with Crippen LogP contribution in [0.3, 0.4) is 0 Å². The quantitative estimate of drug-likeness (QED) is 0.532. The lowest BCUT2D eigenvalue weighted by Gasteiger charge is -2.09. The molecule has 0 aliphatic heterocycles. The molecule has 0 spiro atoms. The van der Waals surface area contributed by atoms with Crippen molar-refractivity contribution in [3.05, 3.63) is 81.9 Å². The van der Waals surface area contributed by atoms with Gasteiger partial charge in [-0.15, -0.1) is 0 Å². The Morgan fingerprint density at radius 1 is 1.06 bits per heavy atom. The molecule has 1 amide bonds. The Morgan fingerprint density at radius 3 is 2.58 bits per heavy atom. The second-order valence-corrected chi connectivity index (χ2v) is 6.99. The van der Waals surface area contributed by atoms with Gasteiger partial charge < -0.3 is 9.84 Å². The van der Waals surface area contributed by atoms with Crippen molar-refractivity contribution >= 4 is 11.6 Å². The minimum absolute atomic E-state index is 0.0719. The van der Waals surface area contributed by atoms with Gasteiger partial charge in [0, 0.05) is 17.3 Å². The number of hydrogen-bond acceptors (Lipinski definition) is 6. The number of carbonyl (C=O) groups is 1. The van der Waals surface area contributed by atoms with Gasteiger partial charge in [0.25, 0.3) is 11.4 Å². The summed E-state index contributed by atoms with van der Waals surface area (Å²) in [4.78, 5) is 28.8. The number of rotatable bonds is 5. The van der Waals surface area contributed by atoms with Gasteiger partial charge in [-0.1, -0.05) is 11.2 Å². The Labute approximate surface area is 176 Å². The van der Waals surface area contributed by atoms with Crippen molar-refractivity contribution in [1.29, 1.82) is 0 Å². The van der Waals surface area contributed by atoms with Crippen LogP contribution in [0.4, 0.5) is 10.1 Å². The SMILES string of the molecule is Cc1ccc(NC(=O)Cn2nc(-c3nc(-c4ccc(F)cc4)no3)ccc2=O)cc1C. The van der Waals surface area contributed by atoms with Gasteiger partial charge >= 0.3 is 0 Å². The van der Waals surface area contributed by atoms with E-state index in [4.69, 9.17) is 4.52 Å². The second kappa shape index (κ2) is 8.31. The molecule has 4 aromatic rings. The molecule has 2 aromatic heterocycles. The van der Waals surface area contributed by atoms with E-state index in [-0.39, 0.29) is 29.8 Å². The minimum atomic E-state index is -0.447. The maximum atomic E-state index is 13.1. The van der Waals surface area contributed by atoms with E-state index >= 15 is 0 Å². The van der Waals surface area contributed by atoms with Crippen molar-refractivity contribution in [1.82, 2.24) is 19.9 Å². The van der Waals surface area contributed by atoms with E-state index in [0.29, 0.717) is 11.3 Å². The lowest BCUT2D eigenvalue weighted by atomic mass is 10.1. The monoisotopic (exact) mass is 419 g/mol. The standard InChI is InChI=1S/C22H18FN5O3/c1-13-3-8-17(11-14(13)2)24-19(29)12-28-20(30)10-9-18(26-28)22-25-21(27-31-22)15-4-6-16(23)7-5-15/h3-11H,12H2,1-2H3,(H,24,29). The number of halogens is 1. The van der Waals surface area contributed by atoms with Gasteiger partial charge in [0.05, 0.1) is 0 Å². The molecular formula is C22H18FN5O3. The predicted octanol–water partition coefficient (Wildman–Crippen LogP) is 3.35. The Kier molecular flexibility index (Phi) is 5.40. The lowest BCUT2D eigenvalue weighted by molar-refractivity contribution is -0.117. The lowest BCUT2D eigenvalue weighted by Crippen LogP contribution is -2.29. The number of amides is 1. The highest BCUT2D eigenvalue weighted by Gasteiger charge is 2.15. The van der Waals surface area contributed by atoms with E-state index < -0.39 is 11.5 Å². The summed E-state index contributed by atoms with van der Waals surface area (Å²) in [7, 11) is 0. The van der Waals surface area contributed by atoms with Crippen LogP contribution in [0.15, 0.2) is 63.9 Å². The van der Waals surface area contributed by atoms with Crippen molar-refractivity contribution in [3.63, 3.8) is 0 Å². The number of aromatic nitrogens is 4. The molecule has 0 fully saturated rings. The van der Waals surface area contributed by atoms with Crippen molar-refractivity contribution in [2.45, 2.75) is 20.4 Å². The van der Waals surface area contributed by atoms with Crippen LogP contribution < -0.4 is 10.9 Å². The summed E-state index contributed by atoms with van der Waals surface area (Å²) in [6.07, 6.45) is 0. The molecule has 2 aromatic carbocycles. The van der Waals surface area contributed by atoms with Gasteiger partial charge in [-0.2, -0.15) is 10.1 Å². The summed E-state index contributed by atoms with van der Waals surface area (Å²) in [6.45, 7) is 3.65. The molecule has 1 N–H and O–H groups in total. The zero-order valence-electron chi connectivity index (χ0n) is 16.8. The van der Waals surface area contributed by atoms with Crippen LogP contribution in [-0.2, 0) is 11.3 Å². The van der Waals surface area contributed by atoms with Crippen LogP contribution in [0.1, 0.15) is 11.1 Å². The maximum absolute atomic E-state index is 13.1. The number of benzene rings is 2. The fraction of sp³-hybridized carbons (Fsp3) is 0.136. The first-order valence-electron chi connectivity index (χ1n) is 9.44. The Balaban J connectivity index is 1.53. The van der Waals surface area contributed by atoms with Crippen molar-refractivity contribution in [3.8, 4) is 23.0 Å². The first kappa shape index (κ1) is 20.1. The molecule has 156 valence electrons. The molecule has 2 heterocycles. The third-order valence-corrected chi connectivity index (χ3v) is 4.70. The topological polar surface area (TPSA) is 103 Å². The average Bonchev–Trinajstić information content (AvgIpc) is 3.23. The molecule has 0 radical (unpaired) electrons. The Morgan fingerprint density at radius 2 is 1.84 bits per heavy atom. The molecular weight excluding hydrogens is 401 g/mol. The van der Waals surface area contributed by atoms with Crippen LogP contribution in [0.2, 0.25) is 0 Å². The summed E-state index contributed by atoms with van der Waals surface area (Å²) < 4.78 is 19.3. The predicted molar refractivity (Wildman–Crippen MR) is 112 cm³/mol. The van der Waals surface area contributed by atoms with E-state index in [2.05, 4.69) is 20.6 Å². The Hall–Kier alpha value is -4.14. The number of nitrogens with zero attached hydrogens (tertiary/aromatic N) is 4. The van der Waals surface area contributed by atoms with E-state index in [0.717, 1.165) is 15.8 Å². The zero-order chi connectivity index (χ0) is 22.0. The van der Waals surface area contributed by atoms with Gasteiger partial charge in [-0.3, -0.25) is 9.59 Å². The minimum Gasteiger partial charge on any atom is -0.332 e. The maximum Gasteiger partial charge on any atom is 0.278 e. The van der Waals surface area contributed by atoms with Crippen LogP contribution in [0.5, 0.6) is 0 Å². The fourth-order valence-electron chi connectivity index (χ4n) is 2.88. The molecule has 4 rings (SSSR count). The molecule has 0 aliphatic rings. The third kappa shape index (κ3) is 4.55. The normalized spacial score (nSPS) is 10.8. The molecule has 0 atom stereocenters. The van der Waals surface area contributed by atoms with Crippen LogP contribution in [0.25, 0.3) is 23.0 Å². The van der Waals surface area contributed by atoms with Crippen molar-refractivity contribution in [2.24, 2.45) is 0 Å². The number of hydrogen-bond donors (Lipinski definition) is 1. The molecule has 8 nitrogen and oxygen atoms in total. The first-order chi connectivity index (χ1) is 14.9. The second-order valence-electron chi connectivity index (χ2n) is 6.99. The van der Waals surface area contributed by atoms with Crippen molar-refractivity contribution < 1.29 is 13.7 Å². The molecule has 0 saturated carbocycles.